The van der Waals surface area contributed by atoms with Crippen LogP contribution in [0.1, 0.15) is 82.9 Å². The first-order valence-corrected chi connectivity index (χ1v) is 13.7. The molecule has 4 rings (SSSR count). The predicted molar refractivity (Wildman–Crippen MR) is 153 cm³/mol. The maximum Gasteiger partial charge on any atom is 0.261 e. The number of hydrogen-bond acceptors (Lipinski definition) is 5. The van der Waals surface area contributed by atoms with E-state index in [2.05, 4.69) is 60.5 Å². The molecule has 0 radical (unpaired) electrons. The van der Waals surface area contributed by atoms with Crippen molar-refractivity contribution in [3.8, 4) is 0 Å². The Kier molecular flexibility index (Phi) is 11.7. The van der Waals surface area contributed by atoms with Crippen LogP contribution in [0.25, 0.3) is 0 Å². The van der Waals surface area contributed by atoms with Crippen molar-refractivity contribution in [2.75, 3.05) is 6.61 Å². The van der Waals surface area contributed by atoms with E-state index >= 15 is 0 Å². The molecule has 2 aromatic carbocycles. The van der Waals surface area contributed by atoms with Crippen molar-refractivity contribution in [2.45, 2.75) is 72.8 Å². The second kappa shape index (κ2) is 15.2. The minimum Gasteiger partial charge on any atom is -0.386 e. The molecular weight excluding hydrogens is 478 g/mol. The summed E-state index contributed by atoms with van der Waals surface area (Å²) < 4.78 is 12.9. The van der Waals surface area contributed by atoms with Gasteiger partial charge in [-0.3, -0.25) is 4.79 Å². The first kappa shape index (κ1) is 29.2. The molecule has 1 amide bonds. The van der Waals surface area contributed by atoms with Crippen molar-refractivity contribution in [1.29, 1.82) is 0 Å². The van der Waals surface area contributed by atoms with E-state index in [1.54, 1.807) is 12.1 Å². The summed E-state index contributed by atoms with van der Waals surface area (Å²) >= 11 is 0. The normalized spacial score (nSPS) is 19.3. The lowest BCUT2D eigenvalue weighted by Crippen LogP contribution is -2.33. The zero-order valence-corrected chi connectivity index (χ0v) is 23.1. The zero-order valence-electron chi connectivity index (χ0n) is 23.1. The van der Waals surface area contributed by atoms with E-state index in [1.165, 1.54) is 56.2 Å². The molecule has 0 saturated heterocycles. The Balaban J connectivity index is 0.000000934. The molecule has 204 valence electrons. The predicted octanol–water partition coefficient (Wildman–Crippen LogP) is 6.92. The quantitative estimate of drug-likeness (QED) is 0.318. The molecule has 1 aliphatic heterocycles. The van der Waals surface area contributed by atoms with Crippen molar-refractivity contribution in [3.63, 3.8) is 0 Å². The summed E-state index contributed by atoms with van der Waals surface area (Å²) in [6, 6.07) is 14.0. The van der Waals surface area contributed by atoms with Crippen LogP contribution in [0.15, 0.2) is 63.9 Å². The van der Waals surface area contributed by atoms with Gasteiger partial charge in [0.1, 0.15) is 5.82 Å². The molecule has 1 saturated carbocycles. The molecular formula is C31H41FN4O2. The fourth-order valence-corrected chi connectivity index (χ4v) is 4.65. The van der Waals surface area contributed by atoms with Crippen molar-refractivity contribution in [2.24, 2.45) is 33.1 Å². The van der Waals surface area contributed by atoms with Gasteiger partial charge in [-0.1, -0.05) is 88.0 Å². The summed E-state index contributed by atoms with van der Waals surface area (Å²) in [5.41, 5.74) is 5.06. The molecule has 2 unspecified atom stereocenters. The third-order valence-corrected chi connectivity index (χ3v) is 6.55. The van der Waals surface area contributed by atoms with Crippen LogP contribution in [0, 0.1) is 23.6 Å². The molecule has 7 heteroatoms. The second-order valence-corrected chi connectivity index (χ2v) is 10.7. The van der Waals surface area contributed by atoms with Gasteiger partial charge in [-0.05, 0) is 54.5 Å². The summed E-state index contributed by atoms with van der Waals surface area (Å²) in [5.74, 6) is 1.19. The number of nitrogens with zero attached hydrogens (tertiary/aromatic N) is 3. The number of amides is 1. The molecule has 1 fully saturated rings. The highest BCUT2D eigenvalue weighted by Gasteiger charge is 2.32. The SMILES string of the molecule is CC(C)C.CC1=NN=C(c2ccc(CNC(=O)CO/N=C/c3ccc([18F])cc3)cc2)C2CCCCCCC12. The number of hydrogen-bond donors (Lipinski definition) is 1. The molecule has 1 N–H and O–H groups in total. The number of carbonyl (C=O) groups excluding carboxylic acids is 1. The van der Waals surface area contributed by atoms with Gasteiger partial charge in [0.05, 0.1) is 11.9 Å². The summed E-state index contributed by atoms with van der Waals surface area (Å²) in [6.45, 7) is 8.83. The van der Waals surface area contributed by atoms with E-state index in [0.29, 0.717) is 23.9 Å². The van der Waals surface area contributed by atoms with Crippen molar-refractivity contribution >= 4 is 23.5 Å². The van der Waals surface area contributed by atoms with Gasteiger partial charge in [0.2, 0.25) is 0 Å². The van der Waals surface area contributed by atoms with E-state index in [4.69, 9.17) is 4.84 Å². The van der Waals surface area contributed by atoms with Crippen LogP contribution < -0.4 is 5.32 Å². The van der Waals surface area contributed by atoms with Gasteiger partial charge in [0, 0.05) is 24.1 Å². The maximum absolute atomic E-state index is 12.9. The lowest BCUT2D eigenvalue weighted by molar-refractivity contribution is -0.125. The van der Waals surface area contributed by atoms with Crippen LogP contribution in [0.4, 0.5) is 4.39 Å². The Morgan fingerprint density at radius 1 is 1.00 bits per heavy atom. The van der Waals surface area contributed by atoms with Crippen LogP contribution in [0.2, 0.25) is 0 Å². The number of benzene rings is 2. The van der Waals surface area contributed by atoms with Gasteiger partial charge in [0.15, 0.2) is 6.61 Å². The van der Waals surface area contributed by atoms with Crippen LogP contribution in [0.3, 0.4) is 0 Å². The number of rotatable bonds is 7. The number of halogens is 1. The lowest BCUT2D eigenvalue weighted by atomic mass is 9.74. The molecule has 2 aromatic rings. The zero-order chi connectivity index (χ0) is 27.3. The smallest absolute Gasteiger partial charge is 0.261 e. The molecule has 1 aliphatic carbocycles. The summed E-state index contributed by atoms with van der Waals surface area (Å²) in [6.07, 6.45) is 8.92. The van der Waals surface area contributed by atoms with Gasteiger partial charge in [-0.2, -0.15) is 10.2 Å². The summed E-state index contributed by atoms with van der Waals surface area (Å²) in [4.78, 5) is 17.1. The number of nitrogens with one attached hydrogen (secondary N) is 1. The Morgan fingerprint density at radius 3 is 2.29 bits per heavy atom. The van der Waals surface area contributed by atoms with Crippen molar-refractivity contribution < 1.29 is 14.0 Å². The topological polar surface area (TPSA) is 75.4 Å². The Morgan fingerprint density at radius 2 is 1.63 bits per heavy atom. The average Bonchev–Trinajstić information content (AvgIpc) is 2.87. The lowest BCUT2D eigenvalue weighted by Gasteiger charge is -2.32. The maximum atomic E-state index is 12.9. The minimum atomic E-state index is -0.315. The number of fused-ring (bicyclic) bond motifs is 1. The van der Waals surface area contributed by atoms with E-state index in [0.717, 1.165) is 29.2 Å². The van der Waals surface area contributed by atoms with Crippen molar-refractivity contribution in [1.82, 2.24) is 5.32 Å². The molecule has 1 heterocycles. The van der Waals surface area contributed by atoms with Gasteiger partial charge in [-0.15, -0.1) is 0 Å². The molecule has 0 bridgehead atoms. The van der Waals surface area contributed by atoms with Gasteiger partial charge in [-0.25, -0.2) is 4.39 Å². The van der Waals surface area contributed by atoms with E-state index in [1.807, 2.05) is 12.1 Å². The van der Waals surface area contributed by atoms with Crippen molar-refractivity contribution in [3.05, 3.63) is 71.0 Å². The van der Waals surface area contributed by atoms with E-state index in [9.17, 15) is 9.18 Å². The molecule has 38 heavy (non-hydrogen) atoms. The highest BCUT2D eigenvalue weighted by Crippen LogP contribution is 2.34. The first-order chi connectivity index (χ1) is 18.3. The molecule has 2 atom stereocenters. The average molecular weight is 520 g/mol. The van der Waals surface area contributed by atoms with Gasteiger partial charge < -0.3 is 10.2 Å². The second-order valence-electron chi connectivity index (χ2n) is 10.7. The third-order valence-electron chi connectivity index (χ3n) is 6.55. The number of carbonyl (C=O) groups is 1. The Labute approximate surface area is 226 Å². The number of oxime groups is 1. The van der Waals surface area contributed by atoms with Crippen LogP contribution in [0.5, 0.6) is 0 Å². The first-order valence-electron chi connectivity index (χ1n) is 13.7. The van der Waals surface area contributed by atoms with Crippen LogP contribution in [-0.4, -0.2) is 30.2 Å². The Hall–Kier alpha value is -3.35. The monoisotopic (exact) mass is 519 g/mol. The van der Waals surface area contributed by atoms with Crippen LogP contribution in [-0.2, 0) is 16.2 Å². The van der Waals surface area contributed by atoms with E-state index in [-0.39, 0.29) is 18.3 Å². The summed E-state index contributed by atoms with van der Waals surface area (Å²) in [7, 11) is 0. The highest BCUT2D eigenvalue weighted by atomic mass is 18.2. The Bertz CT molecular complexity index is 1100. The third kappa shape index (κ3) is 9.51. The molecule has 2 aliphatic rings. The molecule has 6 nitrogen and oxygen atoms in total. The largest absolute Gasteiger partial charge is 0.386 e. The fraction of sp³-hybridized carbons (Fsp3) is 0.484. The summed E-state index contributed by atoms with van der Waals surface area (Å²) in [5, 5.41) is 15.7. The molecule has 0 aromatic heterocycles. The molecule has 0 spiro atoms. The van der Waals surface area contributed by atoms with E-state index < -0.39 is 0 Å². The van der Waals surface area contributed by atoms with Gasteiger partial charge >= 0.3 is 0 Å². The van der Waals surface area contributed by atoms with Crippen LogP contribution >= 0.6 is 0 Å². The standard InChI is InChI=1S/C27H31FN4O2.C4H10/c1-19-24-6-4-2-3-5-7-25(24)27(32-31-19)22-12-8-20(9-13-22)16-29-26(33)18-34-30-17-21-10-14-23(28)15-11-21;1-4(2)3/h8-15,17,24-25H,2-7,16,18H2,1H3,(H,29,33);4H,1-3H3/b30-17+;/i28-1;. The fourth-order valence-electron chi connectivity index (χ4n) is 4.65. The minimum absolute atomic E-state index is 0.187. The highest BCUT2D eigenvalue weighted by molar-refractivity contribution is 6.06. The van der Waals surface area contributed by atoms with Gasteiger partial charge in [0.25, 0.3) is 5.91 Å².